The van der Waals surface area contributed by atoms with E-state index in [0.29, 0.717) is 12.1 Å². The molecule has 0 bridgehead atoms. The van der Waals surface area contributed by atoms with Crippen LogP contribution in [0.3, 0.4) is 0 Å². The lowest BCUT2D eigenvalue weighted by atomic mass is 10.1. The molecule has 0 fully saturated rings. The molecule has 0 aliphatic carbocycles. The second kappa shape index (κ2) is 2.20. The van der Waals surface area contributed by atoms with Gasteiger partial charge in [0, 0.05) is 19.3 Å². The van der Waals surface area contributed by atoms with E-state index in [-0.39, 0.29) is 0 Å². The van der Waals surface area contributed by atoms with Gasteiger partial charge in [0.2, 0.25) is 0 Å². The molecule has 0 spiro atoms. The number of fused-ring (bicyclic) bond motifs is 1. The maximum Gasteiger partial charge on any atom is 0.0659 e. The second-order valence-electron chi connectivity index (χ2n) is 2.94. The summed E-state index contributed by atoms with van der Waals surface area (Å²) in [6, 6.07) is 1.05. The molecular weight excluding hydrogens is 124 g/mol. The monoisotopic (exact) mass is 136 g/mol. The Kier molecular flexibility index (Phi) is 1.34. The number of nitrogens with zero attached hydrogens (tertiary/aromatic N) is 2. The zero-order valence-electron chi connectivity index (χ0n) is 6.20. The molecule has 2 heteroatoms. The SMILES string of the molecule is CC1N=CCN2CC=CC12. The Morgan fingerprint density at radius 3 is 3.20 bits per heavy atom. The van der Waals surface area contributed by atoms with Gasteiger partial charge in [0.1, 0.15) is 0 Å². The van der Waals surface area contributed by atoms with Crippen molar-refractivity contribution in [1.82, 2.24) is 4.90 Å². The fourth-order valence-electron chi connectivity index (χ4n) is 1.65. The van der Waals surface area contributed by atoms with Gasteiger partial charge in [-0.05, 0) is 6.92 Å². The normalized spacial score (nSPS) is 38.5. The van der Waals surface area contributed by atoms with E-state index in [9.17, 15) is 0 Å². The van der Waals surface area contributed by atoms with E-state index in [1.807, 2.05) is 6.21 Å². The van der Waals surface area contributed by atoms with E-state index in [0.717, 1.165) is 13.1 Å². The van der Waals surface area contributed by atoms with Gasteiger partial charge in [-0.1, -0.05) is 12.2 Å². The standard InChI is InChI=1S/C8H12N2/c1-7-8-3-2-5-10(8)6-4-9-7/h2-4,7-8H,5-6H2,1H3. The van der Waals surface area contributed by atoms with Crippen LogP contribution in [0.15, 0.2) is 17.1 Å². The van der Waals surface area contributed by atoms with Gasteiger partial charge in [-0.2, -0.15) is 0 Å². The summed E-state index contributed by atoms with van der Waals surface area (Å²) in [5, 5.41) is 0. The average molecular weight is 136 g/mol. The summed E-state index contributed by atoms with van der Waals surface area (Å²) in [6.07, 6.45) is 6.52. The van der Waals surface area contributed by atoms with Crippen molar-refractivity contribution >= 4 is 6.21 Å². The minimum atomic E-state index is 0.465. The Bertz CT molecular complexity index is 184. The summed E-state index contributed by atoms with van der Waals surface area (Å²) in [7, 11) is 0. The molecule has 2 atom stereocenters. The molecular formula is C8H12N2. The molecule has 0 saturated heterocycles. The van der Waals surface area contributed by atoms with Gasteiger partial charge in [0.25, 0.3) is 0 Å². The first-order valence-electron chi connectivity index (χ1n) is 3.80. The molecule has 0 radical (unpaired) electrons. The first-order chi connectivity index (χ1) is 4.88. The van der Waals surface area contributed by atoms with Gasteiger partial charge >= 0.3 is 0 Å². The fourth-order valence-corrected chi connectivity index (χ4v) is 1.65. The zero-order chi connectivity index (χ0) is 6.97. The molecule has 2 aliphatic heterocycles. The predicted octanol–water partition coefficient (Wildman–Crippen LogP) is 0.700. The maximum absolute atomic E-state index is 4.35. The third-order valence-electron chi connectivity index (χ3n) is 2.25. The summed E-state index contributed by atoms with van der Waals surface area (Å²) in [4.78, 5) is 6.78. The van der Waals surface area contributed by atoms with Crippen LogP contribution in [-0.4, -0.2) is 36.3 Å². The van der Waals surface area contributed by atoms with Crippen LogP contribution in [-0.2, 0) is 0 Å². The van der Waals surface area contributed by atoms with Crippen LogP contribution < -0.4 is 0 Å². The molecule has 0 saturated carbocycles. The van der Waals surface area contributed by atoms with Crippen molar-refractivity contribution in [3.05, 3.63) is 12.2 Å². The Hall–Kier alpha value is -0.630. The van der Waals surface area contributed by atoms with Gasteiger partial charge in [-0.3, -0.25) is 9.89 Å². The summed E-state index contributed by atoms with van der Waals surface area (Å²) in [5.41, 5.74) is 0. The number of hydrogen-bond donors (Lipinski definition) is 0. The number of aliphatic imine (C=N–C) groups is 1. The molecule has 2 nitrogen and oxygen atoms in total. The molecule has 10 heavy (non-hydrogen) atoms. The van der Waals surface area contributed by atoms with Crippen molar-refractivity contribution < 1.29 is 0 Å². The van der Waals surface area contributed by atoms with Crippen LogP contribution >= 0.6 is 0 Å². The van der Waals surface area contributed by atoms with Gasteiger partial charge in [0.05, 0.1) is 12.1 Å². The van der Waals surface area contributed by atoms with E-state index < -0.39 is 0 Å². The summed E-state index contributed by atoms with van der Waals surface area (Å²) < 4.78 is 0. The van der Waals surface area contributed by atoms with Crippen molar-refractivity contribution in [2.75, 3.05) is 13.1 Å². The predicted molar refractivity (Wildman–Crippen MR) is 42.5 cm³/mol. The van der Waals surface area contributed by atoms with E-state index in [1.54, 1.807) is 0 Å². The van der Waals surface area contributed by atoms with Crippen molar-refractivity contribution in [3.63, 3.8) is 0 Å². The van der Waals surface area contributed by atoms with Crippen LogP contribution in [0.2, 0.25) is 0 Å². The fraction of sp³-hybridized carbons (Fsp3) is 0.625. The van der Waals surface area contributed by atoms with Gasteiger partial charge in [-0.15, -0.1) is 0 Å². The highest BCUT2D eigenvalue weighted by atomic mass is 15.2. The highest BCUT2D eigenvalue weighted by Gasteiger charge is 2.26. The third kappa shape index (κ3) is 0.797. The first kappa shape index (κ1) is 6.10. The van der Waals surface area contributed by atoms with Crippen LogP contribution in [0.25, 0.3) is 0 Å². The number of hydrogen-bond acceptors (Lipinski definition) is 2. The number of rotatable bonds is 0. The Morgan fingerprint density at radius 2 is 2.40 bits per heavy atom. The molecule has 0 aromatic rings. The molecule has 2 rings (SSSR count). The van der Waals surface area contributed by atoms with E-state index in [1.165, 1.54) is 0 Å². The zero-order valence-corrected chi connectivity index (χ0v) is 6.20. The van der Waals surface area contributed by atoms with Crippen LogP contribution in [0.4, 0.5) is 0 Å². The molecule has 2 aliphatic rings. The third-order valence-corrected chi connectivity index (χ3v) is 2.25. The second-order valence-corrected chi connectivity index (χ2v) is 2.94. The van der Waals surface area contributed by atoms with E-state index >= 15 is 0 Å². The molecule has 0 aromatic carbocycles. The van der Waals surface area contributed by atoms with E-state index in [4.69, 9.17) is 0 Å². The summed E-state index contributed by atoms with van der Waals surface area (Å²) in [6.45, 7) is 4.31. The summed E-state index contributed by atoms with van der Waals surface area (Å²) in [5.74, 6) is 0. The molecule has 0 aromatic heterocycles. The van der Waals surface area contributed by atoms with E-state index in [2.05, 4.69) is 29.0 Å². The lowest BCUT2D eigenvalue weighted by Gasteiger charge is -2.29. The lowest BCUT2D eigenvalue weighted by Crippen LogP contribution is -2.41. The maximum atomic E-state index is 4.35. The van der Waals surface area contributed by atoms with Crippen molar-refractivity contribution in [1.29, 1.82) is 0 Å². The average Bonchev–Trinajstić information content (AvgIpc) is 2.36. The minimum absolute atomic E-state index is 0.465. The van der Waals surface area contributed by atoms with Crippen LogP contribution in [0.5, 0.6) is 0 Å². The molecule has 54 valence electrons. The van der Waals surface area contributed by atoms with Crippen LogP contribution in [0, 0.1) is 0 Å². The highest BCUT2D eigenvalue weighted by molar-refractivity contribution is 5.61. The largest absolute Gasteiger partial charge is 0.291 e. The lowest BCUT2D eigenvalue weighted by molar-refractivity contribution is 0.272. The summed E-state index contributed by atoms with van der Waals surface area (Å²) >= 11 is 0. The Balaban J connectivity index is 2.19. The van der Waals surface area contributed by atoms with Gasteiger partial charge < -0.3 is 0 Å². The van der Waals surface area contributed by atoms with Gasteiger partial charge in [-0.25, -0.2) is 0 Å². The minimum Gasteiger partial charge on any atom is -0.291 e. The molecule has 2 heterocycles. The quantitative estimate of drug-likeness (QED) is 0.447. The van der Waals surface area contributed by atoms with Crippen molar-refractivity contribution in [3.8, 4) is 0 Å². The Labute approximate surface area is 61.2 Å². The molecule has 0 amide bonds. The van der Waals surface area contributed by atoms with Crippen molar-refractivity contribution in [2.24, 2.45) is 4.99 Å². The Morgan fingerprint density at radius 1 is 1.50 bits per heavy atom. The molecule has 2 unspecified atom stereocenters. The topological polar surface area (TPSA) is 15.6 Å². The smallest absolute Gasteiger partial charge is 0.0659 e. The molecule has 0 N–H and O–H groups in total. The van der Waals surface area contributed by atoms with Crippen molar-refractivity contribution in [2.45, 2.75) is 19.0 Å². The first-order valence-corrected chi connectivity index (χ1v) is 3.80. The highest BCUT2D eigenvalue weighted by Crippen LogP contribution is 2.17. The van der Waals surface area contributed by atoms with Crippen LogP contribution in [0.1, 0.15) is 6.92 Å². The van der Waals surface area contributed by atoms with Gasteiger partial charge in [0.15, 0.2) is 0 Å².